The van der Waals surface area contributed by atoms with Crippen LogP contribution in [0.2, 0.25) is 0 Å². The third-order valence-electron chi connectivity index (χ3n) is 5.57. The Labute approximate surface area is 168 Å². The van der Waals surface area contributed by atoms with E-state index in [2.05, 4.69) is 83.5 Å². The summed E-state index contributed by atoms with van der Waals surface area (Å²) >= 11 is 0. The SMILES string of the molecule is CCCCCCCCn1c2ccccc2c2ccc(Nc3ccccc3)cc21. The van der Waals surface area contributed by atoms with E-state index >= 15 is 0 Å². The van der Waals surface area contributed by atoms with Gasteiger partial charge in [-0.05, 0) is 36.8 Å². The van der Waals surface area contributed by atoms with E-state index in [-0.39, 0.29) is 0 Å². The van der Waals surface area contributed by atoms with Crippen molar-refractivity contribution in [3.63, 3.8) is 0 Å². The van der Waals surface area contributed by atoms with Gasteiger partial charge in [0.15, 0.2) is 0 Å². The second-order valence-corrected chi connectivity index (χ2v) is 7.66. The van der Waals surface area contributed by atoms with Crippen molar-refractivity contribution in [1.82, 2.24) is 4.57 Å². The molecule has 0 saturated heterocycles. The van der Waals surface area contributed by atoms with Crippen LogP contribution in [-0.4, -0.2) is 4.57 Å². The Morgan fingerprint density at radius 2 is 1.36 bits per heavy atom. The van der Waals surface area contributed by atoms with Crippen molar-refractivity contribution in [2.45, 2.75) is 52.0 Å². The first-order valence-corrected chi connectivity index (χ1v) is 10.7. The molecule has 1 aromatic heterocycles. The van der Waals surface area contributed by atoms with E-state index < -0.39 is 0 Å². The number of aromatic nitrogens is 1. The molecular weight excluding hydrogens is 340 g/mol. The Hall–Kier alpha value is -2.74. The molecule has 0 aliphatic heterocycles. The van der Waals surface area contributed by atoms with E-state index in [0.29, 0.717) is 0 Å². The summed E-state index contributed by atoms with van der Waals surface area (Å²) in [5.41, 5.74) is 4.95. The van der Waals surface area contributed by atoms with Gasteiger partial charge in [0.25, 0.3) is 0 Å². The summed E-state index contributed by atoms with van der Waals surface area (Å²) in [5, 5.41) is 6.25. The maximum Gasteiger partial charge on any atom is 0.0512 e. The minimum atomic E-state index is 1.09. The molecule has 4 aromatic rings. The van der Waals surface area contributed by atoms with Crippen molar-refractivity contribution < 1.29 is 0 Å². The van der Waals surface area contributed by atoms with Crippen LogP contribution in [0.3, 0.4) is 0 Å². The Morgan fingerprint density at radius 3 is 2.21 bits per heavy atom. The van der Waals surface area contributed by atoms with Crippen molar-refractivity contribution in [2.75, 3.05) is 5.32 Å². The third kappa shape index (κ3) is 4.06. The van der Waals surface area contributed by atoms with Crippen LogP contribution in [0, 0.1) is 0 Å². The molecule has 0 amide bonds. The second-order valence-electron chi connectivity index (χ2n) is 7.66. The summed E-state index contributed by atoms with van der Waals surface area (Å²) in [4.78, 5) is 0. The molecule has 2 heteroatoms. The van der Waals surface area contributed by atoms with Crippen LogP contribution in [0.25, 0.3) is 21.8 Å². The monoisotopic (exact) mass is 370 g/mol. The lowest BCUT2D eigenvalue weighted by Crippen LogP contribution is -1.98. The zero-order chi connectivity index (χ0) is 19.2. The molecule has 144 valence electrons. The van der Waals surface area contributed by atoms with Crippen molar-refractivity contribution in [3.8, 4) is 0 Å². The topological polar surface area (TPSA) is 17.0 Å². The van der Waals surface area contributed by atoms with Crippen LogP contribution >= 0.6 is 0 Å². The Kier molecular flexibility index (Phi) is 5.96. The van der Waals surface area contributed by atoms with Crippen molar-refractivity contribution in [2.24, 2.45) is 0 Å². The Morgan fingerprint density at radius 1 is 0.643 bits per heavy atom. The molecule has 0 unspecified atom stereocenters. The van der Waals surface area contributed by atoms with E-state index in [0.717, 1.165) is 17.9 Å². The Bertz CT molecular complexity index is 1030. The fourth-order valence-electron chi connectivity index (χ4n) is 4.11. The lowest BCUT2D eigenvalue weighted by molar-refractivity contribution is 0.571. The van der Waals surface area contributed by atoms with Gasteiger partial charge in [0.1, 0.15) is 0 Å². The molecule has 0 aliphatic rings. The molecule has 0 radical (unpaired) electrons. The largest absolute Gasteiger partial charge is 0.355 e. The van der Waals surface area contributed by atoms with Gasteiger partial charge in [-0.15, -0.1) is 0 Å². The molecule has 4 rings (SSSR count). The van der Waals surface area contributed by atoms with E-state index in [1.807, 2.05) is 6.07 Å². The van der Waals surface area contributed by atoms with Gasteiger partial charge in [-0.1, -0.05) is 81.5 Å². The lowest BCUT2D eigenvalue weighted by Gasteiger charge is -2.10. The van der Waals surface area contributed by atoms with Crippen LogP contribution in [0.15, 0.2) is 72.8 Å². The highest BCUT2D eigenvalue weighted by Gasteiger charge is 2.10. The van der Waals surface area contributed by atoms with Crippen LogP contribution < -0.4 is 5.32 Å². The smallest absolute Gasteiger partial charge is 0.0512 e. The number of aryl methyl sites for hydroxylation is 1. The average Bonchev–Trinajstić information content (AvgIpc) is 3.04. The first-order valence-electron chi connectivity index (χ1n) is 10.7. The number of rotatable bonds is 9. The highest BCUT2D eigenvalue weighted by molar-refractivity contribution is 6.08. The van der Waals surface area contributed by atoms with Crippen molar-refractivity contribution in [1.29, 1.82) is 0 Å². The van der Waals surface area contributed by atoms with Gasteiger partial charge in [0.2, 0.25) is 0 Å². The summed E-state index contributed by atoms with van der Waals surface area (Å²) in [5.74, 6) is 0. The summed E-state index contributed by atoms with van der Waals surface area (Å²) in [6, 6.07) is 26.0. The molecule has 2 nitrogen and oxygen atoms in total. The number of unbranched alkanes of at least 4 members (excludes halogenated alkanes) is 5. The molecule has 28 heavy (non-hydrogen) atoms. The molecule has 1 heterocycles. The van der Waals surface area contributed by atoms with Gasteiger partial charge in [-0.2, -0.15) is 0 Å². The number of benzene rings is 3. The third-order valence-corrected chi connectivity index (χ3v) is 5.57. The molecule has 0 aliphatic carbocycles. The quantitative estimate of drug-likeness (QED) is 0.296. The van der Waals surface area contributed by atoms with Crippen LogP contribution in [0.1, 0.15) is 45.4 Å². The highest BCUT2D eigenvalue weighted by atomic mass is 15.0. The van der Waals surface area contributed by atoms with Gasteiger partial charge < -0.3 is 9.88 Å². The fourth-order valence-corrected chi connectivity index (χ4v) is 4.11. The van der Waals surface area contributed by atoms with Gasteiger partial charge in [-0.25, -0.2) is 0 Å². The standard InChI is InChI=1S/C26H30N2/c1-2-3-4-5-6-12-19-28-25-16-11-10-15-23(25)24-18-17-22(20-26(24)28)27-21-13-8-7-9-14-21/h7-11,13-18,20,27H,2-6,12,19H2,1H3. The van der Waals surface area contributed by atoms with E-state index in [9.17, 15) is 0 Å². The van der Waals surface area contributed by atoms with Gasteiger partial charge in [-0.3, -0.25) is 0 Å². The number of hydrogen-bond acceptors (Lipinski definition) is 1. The van der Waals surface area contributed by atoms with Crippen LogP contribution in [0.5, 0.6) is 0 Å². The van der Waals surface area contributed by atoms with Gasteiger partial charge in [0, 0.05) is 34.2 Å². The average molecular weight is 371 g/mol. The predicted molar refractivity (Wildman–Crippen MR) is 123 cm³/mol. The maximum atomic E-state index is 3.54. The Balaban J connectivity index is 1.62. The number of hydrogen-bond donors (Lipinski definition) is 1. The molecule has 0 atom stereocenters. The molecule has 0 bridgehead atoms. The van der Waals surface area contributed by atoms with E-state index in [4.69, 9.17) is 0 Å². The first-order chi connectivity index (χ1) is 13.9. The minimum absolute atomic E-state index is 1.09. The van der Waals surface area contributed by atoms with Crippen LogP contribution in [-0.2, 0) is 6.54 Å². The predicted octanol–water partition coefficient (Wildman–Crippen LogP) is 7.90. The summed E-state index contributed by atoms with van der Waals surface area (Å²) in [7, 11) is 0. The minimum Gasteiger partial charge on any atom is -0.355 e. The maximum absolute atomic E-state index is 3.54. The van der Waals surface area contributed by atoms with Gasteiger partial charge >= 0.3 is 0 Å². The summed E-state index contributed by atoms with van der Waals surface area (Å²) in [6.07, 6.45) is 7.96. The van der Waals surface area contributed by atoms with E-state index in [1.54, 1.807) is 0 Å². The molecule has 3 aromatic carbocycles. The first kappa shape index (κ1) is 18.6. The number of anilines is 2. The fraction of sp³-hybridized carbons (Fsp3) is 0.308. The zero-order valence-corrected chi connectivity index (χ0v) is 16.8. The second kappa shape index (κ2) is 8.97. The lowest BCUT2D eigenvalue weighted by atomic mass is 10.1. The molecular formula is C26H30N2. The summed E-state index contributed by atoms with van der Waals surface area (Å²) < 4.78 is 2.51. The van der Waals surface area contributed by atoms with Crippen molar-refractivity contribution in [3.05, 3.63) is 72.8 Å². The highest BCUT2D eigenvalue weighted by Crippen LogP contribution is 2.32. The molecule has 0 fully saturated rings. The summed E-state index contributed by atoms with van der Waals surface area (Å²) in [6.45, 7) is 3.37. The molecule has 1 N–H and O–H groups in total. The van der Waals surface area contributed by atoms with Crippen molar-refractivity contribution >= 4 is 33.2 Å². The zero-order valence-electron chi connectivity index (χ0n) is 16.8. The molecule has 0 saturated carbocycles. The number of fused-ring (bicyclic) bond motifs is 3. The number of para-hydroxylation sites is 2. The molecule has 0 spiro atoms. The van der Waals surface area contributed by atoms with E-state index in [1.165, 1.54) is 60.3 Å². The van der Waals surface area contributed by atoms with Crippen LogP contribution in [0.4, 0.5) is 11.4 Å². The number of nitrogens with one attached hydrogen (secondary N) is 1. The normalized spacial score (nSPS) is 11.3. The number of nitrogens with zero attached hydrogens (tertiary/aromatic N) is 1. The van der Waals surface area contributed by atoms with Gasteiger partial charge in [0.05, 0.1) is 5.52 Å².